The Kier molecular flexibility index (Phi) is 6.22. The first-order valence-corrected chi connectivity index (χ1v) is 10.00. The maximum absolute atomic E-state index is 12.5. The van der Waals surface area contributed by atoms with Gasteiger partial charge in [-0.3, -0.25) is 4.79 Å². The summed E-state index contributed by atoms with van der Waals surface area (Å²) in [6, 6.07) is 5.23. The lowest BCUT2D eigenvalue weighted by Gasteiger charge is -2.39. The third-order valence-electron chi connectivity index (χ3n) is 5.47. The number of rotatable bonds is 7. The number of hydrogen-bond acceptors (Lipinski definition) is 5. The maximum atomic E-state index is 12.5. The summed E-state index contributed by atoms with van der Waals surface area (Å²) in [7, 11) is 3.23. The third-order valence-corrected chi connectivity index (χ3v) is 5.47. The fourth-order valence-corrected chi connectivity index (χ4v) is 3.88. The van der Waals surface area contributed by atoms with Crippen LogP contribution < -0.4 is 14.9 Å². The molecule has 0 unspecified atom stereocenters. The molecular formula is C23H29NO6. The average Bonchev–Trinajstić information content (AvgIpc) is 2.68. The summed E-state index contributed by atoms with van der Waals surface area (Å²) >= 11 is 0. The molecule has 2 heterocycles. The Hall–Kier alpha value is -2.80. The molecule has 162 valence electrons. The highest BCUT2D eigenvalue weighted by Crippen LogP contribution is 2.45. The average molecular weight is 415 g/mol. The Morgan fingerprint density at radius 2 is 1.90 bits per heavy atom. The molecule has 0 aliphatic carbocycles. The molecule has 0 saturated carbocycles. The van der Waals surface area contributed by atoms with Crippen molar-refractivity contribution in [1.82, 2.24) is 4.57 Å². The summed E-state index contributed by atoms with van der Waals surface area (Å²) in [6.45, 7) is 7.44. The molecule has 0 saturated heterocycles. The molecule has 0 spiro atoms. The van der Waals surface area contributed by atoms with Crippen molar-refractivity contribution in [3.63, 3.8) is 0 Å². The van der Waals surface area contributed by atoms with E-state index in [2.05, 4.69) is 20.8 Å². The van der Waals surface area contributed by atoms with E-state index in [4.69, 9.17) is 14.2 Å². The highest BCUT2D eigenvalue weighted by Gasteiger charge is 2.34. The van der Waals surface area contributed by atoms with E-state index in [1.54, 1.807) is 14.2 Å². The molecule has 1 aliphatic rings. The van der Waals surface area contributed by atoms with Gasteiger partial charge >= 0.3 is 5.97 Å². The van der Waals surface area contributed by atoms with Crippen LogP contribution >= 0.6 is 0 Å². The fraction of sp³-hybridized carbons (Fsp3) is 0.478. The third kappa shape index (κ3) is 4.21. The van der Waals surface area contributed by atoms with E-state index >= 15 is 0 Å². The Morgan fingerprint density at radius 1 is 1.17 bits per heavy atom. The number of aromatic carboxylic acids is 1. The van der Waals surface area contributed by atoms with Crippen molar-refractivity contribution >= 4 is 5.97 Å². The quantitative estimate of drug-likeness (QED) is 0.693. The van der Waals surface area contributed by atoms with Gasteiger partial charge in [0.05, 0.1) is 19.4 Å². The van der Waals surface area contributed by atoms with E-state index in [0.717, 1.165) is 17.5 Å². The number of hydrogen-bond donors (Lipinski definition) is 1. The fourth-order valence-electron chi connectivity index (χ4n) is 3.88. The van der Waals surface area contributed by atoms with Gasteiger partial charge in [-0.15, -0.1) is 0 Å². The first-order valence-electron chi connectivity index (χ1n) is 10.00. The lowest BCUT2D eigenvalue weighted by Crippen LogP contribution is -2.32. The second-order valence-corrected chi connectivity index (χ2v) is 8.59. The van der Waals surface area contributed by atoms with Crippen LogP contribution in [0.2, 0.25) is 0 Å². The van der Waals surface area contributed by atoms with Crippen molar-refractivity contribution in [3.8, 4) is 22.8 Å². The number of nitrogens with zero attached hydrogens (tertiary/aromatic N) is 1. The number of carboxylic acids is 1. The molecule has 1 atom stereocenters. The summed E-state index contributed by atoms with van der Waals surface area (Å²) in [4.78, 5) is 24.0. The standard InChI is InChI=1S/C23H29NO6/c1-23(2,3)21-10-14-9-20(30-8-6-7-28-4)19(29-5)11-15(14)17-12-18(25)16(22(26)27)13-24(17)21/h9,11-13,21H,6-8,10H2,1-5H3,(H,26,27)/t21-/m0/s1. The highest BCUT2D eigenvalue weighted by atomic mass is 16.5. The molecule has 1 aliphatic heterocycles. The molecular weight excluding hydrogens is 386 g/mol. The smallest absolute Gasteiger partial charge is 0.341 e. The number of aromatic nitrogens is 1. The molecule has 1 aromatic heterocycles. The summed E-state index contributed by atoms with van der Waals surface area (Å²) in [5.74, 6) is 0.00537. The summed E-state index contributed by atoms with van der Waals surface area (Å²) in [5.41, 5.74) is 1.70. The van der Waals surface area contributed by atoms with Crippen molar-refractivity contribution in [1.29, 1.82) is 0 Å². The lowest BCUT2D eigenvalue weighted by molar-refractivity contribution is 0.0693. The number of fused-ring (bicyclic) bond motifs is 3. The SMILES string of the molecule is COCCCOc1cc2c(cc1OC)-c1cc(=O)c(C(=O)O)cn1[C@H](C(C)(C)C)C2. The molecule has 30 heavy (non-hydrogen) atoms. The van der Waals surface area contributed by atoms with E-state index in [9.17, 15) is 14.7 Å². The van der Waals surface area contributed by atoms with Gasteiger partial charge < -0.3 is 23.9 Å². The topological polar surface area (TPSA) is 87.0 Å². The van der Waals surface area contributed by atoms with Crippen LogP contribution in [0.15, 0.2) is 29.2 Å². The van der Waals surface area contributed by atoms with Crippen molar-refractivity contribution < 1.29 is 24.1 Å². The summed E-state index contributed by atoms with van der Waals surface area (Å²) < 4.78 is 18.5. The van der Waals surface area contributed by atoms with Crippen LogP contribution in [-0.4, -0.2) is 43.1 Å². The van der Waals surface area contributed by atoms with Crippen LogP contribution in [0.1, 0.15) is 49.2 Å². The summed E-state index contributed by atoms with van der Waals surface area (Å²) in [6.07, 6.45) is 2.92. The van der Waals surface area contributed by atoms with Crippen molar-refractivity contribution in [2.75, 3.05) is 27.4 Å². The number of carbonyl (C=O) groups is 1. The molecule has 1 aromatic carbocycles. The zero-order chi connectivity index (χ0) is 22.1. The molecule has 3 rings (SSSR count). The molecule has 7 heteroatoms. The predicted octanol–water partition coefficient (Wildman–Crippen LogP) is 3.78. The van der Waals surface area contributed by atoms with Crippen LogP contribution in [0.25, 0.3) is 11.3 Å². The highest BCUT2D eigenvalue weighted by molar-refractivity contribution is 5.88. The van der Waals surface area contributed by atoms with Crippen molar-refractivity contribution in [2.45, 2.75) is 39.7 Å². The Balaban J connectivity index is 2.14. The van der Waals surface area contributed by atoms with Crippen LogP contribution in [0.3, 0.4) is 0 Å². The Morgan fingerprint density at radius 3 is 2.50 bits per heavy atom. The van der Waals surface area contributed by atoms with Crippen LogP contribution in [-0.2, 0) is 11.2 Å². The monoisotopic (exact) mass is 415 g/mol. The molecule has 0 bridgehead atoms. The molecule has 7 nitrogen and oxygen atoms in total. The number of benzene rings is 1. The second kappa shape index (κ2) is 8.52. The Labute approximate surface area is 176 Å². The van der Waals surface area contributed by atoms with Crippen LogP contribution in [0.5, 0.6) is 11.5 Å². The molecule has 0 radical (unpaired) electrons. The van der Waals surface area contributed by atoms with Gasteiger partial charge in [0.2, 0.25) is 0 Å². The minimum atomic E-state index is -1.22. The first-order chi connectivity index (χ1) is 14.2. The molecule has 0 fully saturated rings. The van der Waals surface area contributed by atoms with Crippen molar-refractivity contribution in [3.05, 3.63) is 45.7 Å². The zero-order valence-corrected chi connectivity index (χ0v) is 18.2. The number of pyridine rings is 1. The molecule has 2 aromatic rings. The number of ether oxygens (including phenoxy) is 3. The normalized spacial score (nSPS) is 15.3. The van der Waals surface area contributed by atoms with Gasteiger partial charge in [-0.1, -0.05) is 20.8 Å². The molecule has 0 amide bonds. The largest absolute Gasteiger partial charge is 0.493 e. The van der Waals surface area contributed by atoms with Crippen LogP contribution in [0, 0.1) is 5.41 Å². The number of methoxy groups -OCH3 is 2. The van der Waals surface area contributed by atoms with Gasteiger partial charge in [0.25, 0.3) is 0 Å². The van der Waals surface area contributed by atoms with Gasteiger partial charge in [0, 0.05) is 44.0 Å². The maximum Gasteiger partial charge on any atom is 0.341 e. The van der Waals surface area contributed by atoms with Gasteiger partial charge in [0.15, 0.2) is 16.9 Å². The van der Waals surface area contributed by atoms with E-state index in [0.29, 0.717) is 36.8 Å². The predicted molar refractivity (Wildman–Crippen MR) is 114 cm³/mol. The van der Waals surface area contributed by atoms with Gasteiger partial charge in [-0.2, -0.15) is 0 Å². The minimum Gasteiger partial charge on any atom is -0.493 e. The van der Waals surface area contributed by atoms with E-state index in [1.807, 2.05) is 16.7 Å². The van der Waals surface area contributed by atoms with Crippen LogP contribution in [0.4, 0.5) is 0 Å². The lowest BCUT2D eigenvalue weighted by atomic mass is 9.78. The van der Waals surface area contributed by atoms with E-state index < -0.39 is 11.4 Å². The van der Waals surface area contributed by atoms with Gasteiger partial charge in [-0.05, 0) is 29.5 Å². The molecule has 1 N–H and O–H groups in total. The zero-order valence-electron chi connectivity index (χ0n) is 18.2. The number of carboxylic acid groups (broad SMARTS) is 1. The van der Waals surface area contributed by atoms with E-state index in [-0.39, 0.29) is 17.0 Å². The van der Waals surface area contributed by atoms with Gasteiger partial charge in [-0.25, -0.2) is 4.79 Å². The second-order valence-electron chi connectivity index (χ2n) is 8.59. The first kappa shape index (κ1) is 21.9. The summed E-state index contributed by atoms with van der Waals surface area (Å²) in [5, 5.41) is 9.43. The minimum absolute atomic E-state index is 0.0200. The van der Waals surface area contributed by atoms with Crippen molar-refractivity contribution in [2.24, 2.45) is 5.41 Å². The Bertz CT molecular complexity index is 1000. The van der Waals surface area contributed by atoms with E-state index in [1.165, 1.54) is 12.3 Å². The van der Waals surface area contributed by atoms with Gasteiger partial charge in [0.1, 0.15) is 5.56 Å².